The van der Waals surface area contributed by atoms with Crippen LogP contribution < -0.4 is 20.3 Å². The van der Waals surface area contributed by atoms with Crippen LogP contribution in [-0.2, 0) is 10.0 Å². The molecule has 3 aromatic rings. The number of carbonyl (C=O) groups is 1. The monoisotopic (exact) mass is 573 g/mol. The lowest BCUT2D eigenvalue weighted by molar-refractivity contribution is 0.0746. The fourth-order valence-corrected chi connectivity index (χ4v) is 6.43. The summed E-state index contributed by atoms with van der Waals surface area (Å²) < 4.78 is 24.0. The first-order valence-corrected chi connectivity index (χ1v) is 15.3. The van der Waals surface area contributed by atoms with Crippen LogP contribution in [0.5, 0.6) is 0 Å². The smallest absolute Gasteiger partial charge is 0.257 e. The fourth-order valence-electron chi connectivity index (χ4n) is 5.73. The second-order valence-electron chi connectivity index (χ2n) is 10.7. The molecule has 214 valence electrons. The van der Waals surface area contributed by atoms with Crippen molar-refractivity contribution in [1.29, 1.82) is 5.26 Å². The zero-order chi connectivity index (χ0) is 29.1. The minimum absolute atomic E-state index is 0.0361. The van der Waals surface area contributed by atoms with Crippen molar-refractivity contribution in [1.82, 2.24) is 9.88 Å². The molecule has 1 amide bonds. The summed E-state index contributed by atoms with van der Waals surface area (Å²) >= 11 is 0. The zero-order valence-corrected chi connectivity index (χ0v) is 24.2. The van der Waals surface area contributed by atoms with Crippen LogP contribution in [0.25, 0.3) is 0 Å². The highest BCUT2D eigenvalue weighted by Gasteiger charge is 2.28. The van der Waals surface area contributed by atoms with Gasteiger partial charge < -0.3 is 20.0 Å². The molecule has 0 saturated carbocycles. The van der Waals surface area contributed by atoms with Crippen molar-refractivity contribution in [3.63, 3.8) is 0 Å². The van der Waals surface area contributed by atoms with E-state index in [9.17, 15) is 18.5 Å². The van der Waals surface area contributed by atoms with Crippen LogP contribution in [0.15, 0.2) is 59.8 Å². The number of hydrogen-bond acceptors (Lipinski definition) is 8. The molecule has 3 heterocycles. The summed E-state index contributed by atoms with van der Waals surface area (Å²) in [5.41, 5.74) is 5.78. The Morgan fingerprint density at radius 2 is 1.61 bits per heavy atom. The Kier molecular flexibility index (Phi) is 8.15. The van der Waals surface area contributed by atoms with Gasteiger partial charge in [-0.2, -0.15) is 5.26 Å². The lowest BCUT2D eigenvalue weighted by Crippen LogP contribution is -2.49. The van der Waals surface area contributed by atoms with Crippen molar-refractivity contribution in [2.24, 2.45) is 5.14 Å². The van der Waals surface area contributed by atoms with Gasteiger partial charge in [0.2, 0.25) is 0 Å². The number of pyridine rings is 1. The summed E-state index contributed by atoms with van der Waals surface area (Å²) in [6, 6.07) is 17.7. The maximum Gasteiger partial charge on any atom is 0.257 e. The van der Waals surface area contributed by atoms with Gasteiger partial charge in [0, 0.05) is 62.8 Å². The third-order valence-electron chi connectivity index (χ3n) is 7.95. The van der Waals surface area contributed by atoms with E-state index in [2.05, 4.69) is 34.3 Å². The van der Waals surface area contributed by atoms with Crippen LogP contribution in [0.1, 0.15) is 39.9 Å². The topological polar surface area (TPSA) is 136 Å². The van der Waals surface area contributed by atoms with E-state index in [0.717, 1.165) is 48.4 Å². The lowest BCUT2D eigenvalue weighted by atomic mass is 9.99. The maximum atomic E-state index is 13.6. The van der Waals surface area contributed by atoms with E-state index in [0.29, 0.717) is 43.0 Å². The van der Waals surface area contributed by atoms with Gasteiger partial charge in [-0.15, -0.1) is 0 Å². The first kappa shape index (κ1) is 28.4. The highest BCUT2D eigenvalue weighted by molar-refractivity contribution is 7.89. The number of nitrogens with two attached hydrogens (primary N) is 1. The highest BCUT2D eigenvalue weighted by Crippen LogP contribution is 2.29. The van der Waals surface area contributed by atoms with Gasteiger partial charge in [0.25, 0.3) is 15.9 Å². The molecule has 2 aliphatic rings. The largest absolute Gasteiger partial charge is 0.382 e. The minimum Gasteiger partial charge on any atom is -0.382 e. The summed E-state index contributed by atoms with van der Waals surface area (Å²) in [4.78, 5) is 23.6. The number of nitrogens with zero attached hydrogens (tertiary/aromatic N) is 5. The summed E-state index contributed by atoms with van der Waals surface area (Å²) in [5.74, 6) is -0.0361. The quantitative estimate of drug-likeness (QED) is 0.459. The van der Waals surface area contributed by atoms with Gasteiger partial charge in [-0.3, -0.25) is 4.79 Å². The number of piperazine rings is 1. The SMILES string of the molecule is Cc1cc(C)c(C(=O)N2CCN(c3cccnc3S(N)(=O)=O)CC2)cc1NC1CCN(c2ccccc2C#N)CC1. The lowest BCUT2D eigenvalue weighted by Gasteiger charge is -2.37. The molecule has 5 rings (SSSR count). The molecule has 0 atom stereocenters. The van der Waals surface area contributed by atoms with Crippen molar-refractivity contribution in [3.8, 4) is 6.07 Å². The molecule has 0 aliphatic carbocycles. The third kappa shape index (κ3) is 6.14. The molecule has 2 aromatic carbocycles. The van der Waals surface area contributed by atoms with E-state index >= 15 is 0 Å². The Labute approximate surface area is 241 Å². The summed E-state index contributed by atoms with van der Waals surface area (Å²) in [6.45, 7) is 7.57. The Bertz CT molecular complexity index is 1590. The normalized spacial score (nSPS) is 16.4. The fraction of sp³-hybridized carbons (Fsp3) is 0.367. The molecule has 0 unspecified atom stereocenters. The van der Waals surface area contributed by atoms with E-state index in [1.165, 1.54) is 6.20 Å². The zero-order valence-electron chi connectivity index (χ0n) is 23.4. The van der Waals surface area contributed by atoms with Crippen LogP contribution in [0.2, 0.25) is 0 Å². The molecule has 0 spiro atoms. The van der Waals surface area contributed by atoms with Gasteiger partial charge in [-0.05, 0) is 68.1 Å². The average Bonchev–Trinajstić information content (AvgIpc) is 2.98. The van der Waals surface area contributed by atoms with Gasteiger partial charge in [0.1, 0.15) is 6.07 Å². The molecule has 11 heteroatoms. The first-order chi connectivity index (χ1) is 19.7. The number of rotatable bonds is 6. The number of aromatic nitrogens is 1. The molecule has 1 aromatic heterocycles. The Hall–Kier alpha value is -4.14. The number of sulfonamides is 1. The van der Waals surface area contributed by atoms with E-state index in [1.54, 1.807) is 12.1 Å². The van der Waals surface area contributed by atoms with E-state index in [4.69, 9.17) is 5.14 Å². The van der Waals surface area contributed by atoms with Crippen molar-refractivity contribution in [2.45, 2.75) is 37.8 Å². The summed E-state index contributed by atoms with van der Waals surface area (Å²) in [6.07, 6.45) is 3.26. The molecule has 41 heavy (non-hydrogen) atoms. The van der Waals surface area contributed by atoms with Crippen molar-refractivity contribution in [3.05, 3.63) is 77.0 Å². The molecule has 2 saturated heterocycles. The maximum absolute atomic E-state index is 13.6. The standard InChI is InChI=1S/C30H35N7O3S/c1-21-18-22(2)26(34-24-9-12-35(13-10-24)27-7-4-3-6-23(27)20-31)19-25(21)30(38)37-16-14-36(15-17-37)28-8-5-11-33-29(28)41(32,39)40/h3-8,11,18-19,24,34H,9-10,12-17H2,1-2H3,(H2,32,39,40). The summed E-state index contributed by atoms with van der Waals surface area (Å²) in [7, 11) is -3.96. The number of nitrogens with one attached hydrogen (secondary N) is 1. The number of nitriles is 1. The summed E-state index contributed by atoms with van der Waals surface area (Å²) in [5, 5.41) is 18.4. The molecule has 2 aliphatic heterocycles. The second kappa shape index (κ2) is 11.8. The van der Waals surface area contributed by atoms with Crippen LogP contribution in [0.4, 0.5) is 17.1 Å². The average molecular weight is 574 g/mol. The Balaban J connectivity index is 1.24. The van der Waals surface area contributed by atoms with E-state index < -0.39 is 10.0 Å². The molecule has 2 fully saturated rings. The van der Waals surface area contributed by atoms with Gasteiger partial charge in [0.05, 0.1) is 16.9 Å². The van der Waals surface area contributed by atoms with Crippen molar-refractivity contribution < 1.29 is 13.2 Å². The van der Waals surface area contributed by atoms with Crippen LogP contribution in [-0.4, -0.2) is 69.5 Å². The molecule has 0 bridgehead atoms. The number of aryl methyl sites for hydroxylation is 2. The number of carbonyl (C=O) groups excluding carboxylic acids is 1. The first-order valence-electron chi connectivity index (χ1n) is 13.8. The molecule has 3 N–H and O–H groups in total. The number of primary sulfonamides is 1. The van der Waals surface area contributed by atoms with Gasteiger partial charge in [-0.25, -0.2) is 18.5 Å². The Morgan fingerprint density at radius 3 is 2.29 bits per heavy atom. The molecular formula is C30H35N7O3S. The number of hydrogen-bond donors (Lipinski definition) is 2. The van der Waals surface area contributed by atoms with Crippen molar-refractivity contribution in [2.75, 3.05) is 54.4 Å². The minimum atomic E-state index is -3.96. The highest BCUT2D eigenvalue weighted by atomic mass is 32.2. The predicted molar refractivity (Wildman–Crippen MR) is 160 cm³/mol. The van der Waals surface area contributed by atoms with E-state index in [-0.39, 0.29) is 17.0 Å². The van der Waals surface area contributed by atoms with Crippen LogP contribution in [0.3, 0.4) is 0 Å². The van der Waals surface area contributed by atoms with E-state index in [1.807, 2.05) is 47.1 Å². The third-order valence-corrected chi connectivity index (χ3v) is 8.80. The molecule has 10 nitrogen and oxygen atoms in total. The number of piperidine rings is 1. The van der Waals surface area contributed by atoms with Gasteiger partial charge >= 0.3 is 0 Å². The number of amides is 1. The van der Waals surface area contributed by atoms with Crippen molar-refractivity contribution >= 4 is 33.0 Å². The molecular weight excluding hydrogens is 538 g/mol. The Morgan fingerprint density at radius 1 is 0.951 bits per heavy atom. The number of para-hydroxylation sites is 1. The van der Waals surface area contributed by atoms with Gasteiger partial charge in [-0.1, -0.05) is 18.2 Å². The molecule has 0 radical (unpaired) electrons. The van der Waals surface area contributed by atoms with Crippen LogP contribution in [0, 0.1) is 25.2 Å². The van der Waals surface area contributed by atoms with Gasteiger partial charge in [0.15, 0.2) is 5.03 Å². The number of anilines is 3. The predicted octanol–water partition coefficient (Wildman–Crippen LogP) is 3.26. The number of benzene rings is 2. The second-order valence-corrected chi connectivity index (χ2v) is 12.1. The van der Waals surface area contributed by atoms with Crippen LogP contribution >= 0.6 is 0 Å².